The summed E-state index contributed by atoms with van der Waals surface area (Å²) in [4.78, 5) is 2.56. The van der Waals surface area contributed by atoms with E-state index in [-0.39, 0.29) is 10.8 Å². The molecule has 2 heteroatoms. The highest BCUT2D eigenvalue weighted by molar-refractivity contribution is 6.13. The number of hydrogen-bond acceptors (Lipinski definition) is 2. The molecule has 0 aliphatic heterocycles. The van der Waals surface area contributed by atoms with Crippen LogP contribution in [0.4, 0.5) is 17.1 Å². The zero-order valence-corrected chi connectivity index (χ0v) is 33.2. The van der Waals surface area contributed by atoms with Crippen molar-refractivity contribution in [1.29, 1.82) is 0 Å². The number of nitrogens with zero attached hydrogens (tertiary/aromatic N) is 1. The van der Waals surface area contributed by atoms with Gasteiger partial charge in [0.1, 0.15) is 11.2 Å². The summed E-state index contributed by atoms with van der Waals surface area (Å²) >= 11 is 0. The van der Waals surface area contributed by atoms with Crippen molar-refractivity contribution in [2.24, 2.45) is 35.0 Å². The highest BCUT2D eigenvalue weighted by Crippen LogP contribution is 2.90. The predicted molar refractivity (Wildman–Crippen MR) is 230 cm³/mol. The van der Waals surface area contributed by atoms with E-state index in [9.17, 15) is 0 Å². The second-order valence-corrected chi connectivity index (χ2v) is 20.3. The van der Waals surface area contributed by atoms with E-state index in [4.69, 9.17) is 4.42 Å². The van der Waals surface area contributed by atoms with Gasteiger partial charge < -0.3 is 9.32 Å². The van der Waals surface area contributed by atoms with Gasteiger partial charge in [-0.3, -0.25) is 0 Å². The lowest BCUT2D eigenvalue weighted by molar-refractivity contribution is -0.259. The zero-order chi connectivity index (χ0) is 37.3. The number of hydrogen-bond donors (Lipinski definition) is 0. The number of fused-ring (bicyclic) bond motifs is 12. The predicted octanol–water partition coefficient (Wildman–Crippen LogP) is 14.2. The monoisotopic (exact) mass is 729 g/mol. The Morgan fingerprint density at radius 2 is 1.38 bits per heavy atom. The van der Waals surface area contributed by atoms with E-state index >= 15 is 0 Å². The number of furan rings is 1. The van der Waals surface area contributed by atoms with Crippen LogP contribution in [0.15, 0.2) is 132 Å². The van der Waals surface area contributed by atoms with Crippen LogP contribution < -0.4 is 4.90 Å². The number of allylic oxidation sites excluding steroid dienone is 4. The highest BCUT2D eigenvalue weighted by Gasteiger charge is 2.85. The van der Waals surface area contributed by atoms with E-state index in [2.05, 4.69) is 160 Å². The first-order valence-electron chi connectivity index (χ1n) is 21.6. The topological polar surface area (TPSA) is 16.4 Å². The molecule has 56 heavy (non-hydrogen) atoms. The van der Waals surface area contributed by atoms with Gasteiger partial charge in [-0.05, 0) is 154 Å². The fourth-order valence-electron chi connectivity index (χ4n) is 15.2. The van der Waals surface area contributed by atoms with E-state index < -0.39 is 0 Å². The van der Waals surface area contributed by atoms with Crippen LogP contribution in [0.1, 0.15) is 94.4 Å². The normalized spacial score (nSPS) is 32.9. The van der Waals surface area contributed by atoms with Gasteiger partial charge in [0.05, 0.1) is 16.8 Å². The maximum atomic E-state index is 6.51. The third-order valence-electron chi connectivity index (χ3n) is 17.3. The molecule has 1 heterocycles. The summed E-state index contributed by atoms with van der Waals surface area (Å²) in [6.07, 6.45) is 18.2. The highest BCUT2D eigenvalue weighted by atomic mass is 16.3. The van der Waals surface area contributed by atoms with Crippen molar-refractivity contribution >= 4 is 39.0 Å². The lowest BCUT2D eigenvalue weighted by Gasteiger charge is -2.78. The summed E-state index contributed by atoms with van der Waals surface area (Å²) in [5.74, 6) is 4.82. The average molecular weight is 730 g/mol. The molecule has 1 aromatic heterocycles. The summed E-state index contributed by atoms with van der Waals surface area (Å²) in [6.45, 7) is 9.77. The van der Waals surface area contributed by atoms with Crippen molar-refractivity contribution in [3.8, 4) is 11.1 Å². The van der Waals surface area contributed by atoms with Gasteiger partial charge in [-0.25, -0.2) is 0 Å². The Labute approximate surface area is 331 Å². The molecule has 4 fully saturated rings. The van der Waals surface area contributed by atoms with Crippen LogP contribution in [0.5, 0.6) is 0 Å². The molecule has 8 unspecified atom stereocenters. The summed E-state index contributed by atoms with van der Waals surface area (Å²) in [7, 11) is 0. The molecule has 8 atom stereocenters. The van der Waals surface area contributed by atoms with Crippen LogP contribution in [-0.2, 0) is 16.2 Å². The van der Waals surface area contributed by atoms with E-state index in [1.807, 2.05) is 0 Å². The van der Waals surface area contributed by atoms with Crippen molar-refractivity contribution in [1.82, 2.24) is 0 Å². The fourth-order valence-corrected chi connectivity index (χ4v) is 15.2. The molecule has 4 saturated carbocycles. The number of benzene rings is 5. The first-order valence-corrected chi connectivity index (χ1v) is 21.6. The van der Waals surface area contributed by atoms with E-state index in [1.165, 1.54) is 76.8 Å². The van der Waals surface area contributed by atoms with Crippen molar-refractivity contribution in [2.75, 3.05) is 4.90 Å². The third kappa shape index (κ3) is 3.72. The third-order valence-corrected chi connectivity index (χ3v) is 17.3. The van der Waals surface area contributed by atoms with Gasteiger partial charge in [0.2, 0.25) is 0 Å². The Hall–Kier alpha value is -4.82. The van der Waals surface area contributed by atoms with Gasteiger partial charge in [0, 0.05) is 22.4 Å². The molecular formula is C54H51NO. The lowest BCUT2D eigenvalue weighted by atomic mass is 9.26. The minimum Gasteiger partial charge on any atom is -0.456 e. The molecule has 278 valence electrons. The van der Waals surface area contributed by atoms with Crippen LogP contribution in [0, 0.1) is 35.0 Å². The van der Waals surface area contributed by atoms with Crippen molar-refractivity contribution in [3.05, 3.63) is 150 Å². The SMILES string of the molecule is CC1(C)CCC(C)(C)c2c(N(c3ccc(-c4cccc5c4C4C=CC=CC4C54C5CC6CC7CC4C75C6)cc3)c3cccc4oc5ccccc5c34)cccc21. The molecule has 0 saturated heterocycles. The van der Waals surface area contributed by atoms with Crippen molar-refractivity contribution in [2.45, 2.75) is 88.4 Å². The van der Waals surface area contributed by atoms with Gasteiger partial charge in [0.25, 0.3) is 0 Å². The molecule has 7 aliphatic carbocycles. The Kier molecular flexibility index (Phi) is 6.09. The molecule has 0 amide bonds. The lowest BCUT2D eigenvalue weighted by Crippen LogP contribution is -2.75. The Morgan fingerprint density at radius 3 is 2.25 bits per heavy atom. The van der Waals surface area contributed by atoms with Crippen molar-refractivity contribution in [3.63, 3.8) is 0 Å². The first-order chi connectivity index (χ1) is 27.2. The molecule has 13 rings (SSSR count). The van der Waals surface area contributed by atoms with Crippen LogP contribution >= 0.6 is 0 Å². The second-order valence-electron chi connectivity index (χ2n) is 20.3. The Bertz CT molecular complexity index is 2720. The largest absolute Gasteiger partial charge is 0.456 e. The van der Waals surface area contributed by atoms with Gasteiger partial charge >= 0.3 is 0 Å². The minimum absolute atomic E-state index is 0.0322. The van der Waals surface area contributed by atoms with Gasteiger partial charge in [0.15, 0.2) is 0 Å². The Balaban J connectivity index is 0.990. The van der Waals surface area contributed by atoms with E-state index in [0.29, 0.717) is 22.7 Å². The maximum absolute atomic E-state index is 6.51. The number of rotatable bonds is 4. The number of para-hydroxylation sites is 1. The van der Waals surface area contributed by atoms with E-state index in [1.54, 1.807) is 11.1 Å². The maximum Gasteiger partial charge on any atom is 0.137 e. The minimum atomic E-state index is 0.0322. The summed E-state index contributed by atoms with van der Waals surface area (Å²) in [6, 6.07) is 39.3. The molecule has 0 N–H and O–H groups in total. The molecule has 0 radical (unpaired) electrons. The molecular weight excluding hydrogens is 679 g/mol. The standard InChI is InChI=1S/C54H51NO/c1-51(2)26-27-52(3,4)50-41(51)17-10-19-43(50)55(42-18-11-21-45-49(42)38-13-6-8-20-44(38)56-45)35-24-22-33(23-25-35)36-14-9-16-40-48(36)37-12-5-7-15-39(37)54(40)46-29-32-28-34-30-47(54)53(34,46)31-32/h5-25,32,34,37,39,46-47H,26-31H2,1-4H3. The van der Waals surface area contributed by atoms with Crippen LogP contribution in [0.2, 0.25) is 0 Å². The first kappa shape index (κ1) is 32.3. The smallest absolute Gasteiger partial charge is 0.137 e. The fraction of sp³-hybridized carbons (Fsp3) is 0.370. The van der Waals surface area contributed by atoms with Crippen molar-refractivity contribution < 1.29 is 4.42 Å². The van der Waals surface area contributed by atoms with Gasteiger partial charge in [-0.1, -0.05) is 119 Å². The second kappa shape index (κ2) is 10.6. The summed E-state index contributed by atoms with van der Waals surface area (Å²) < 4.78 is 6.51. The van der Waals surface area contributed by atoms with Crippen LogP contribution in [-0.4, -0.2) is 0 Å². The van der Waals surface area contributed by atoms with Gasteiger partial charge in [-0.15, -0.1) is 0 Å². The zero-order valence-electron chi connectivity index (χ0n) is 33.2. The van der Waals surface area contributed by atoms with Crippen LogP contribution in [0.25, 0.3) is 33.1 Å². The summed E-state index contributed by atoms with van der Waals surface area (Å²) in [5.41, 5.74) is 15.7. The summed E-state index contributed by atoms with van der Waals surface area (Å²) in [5, 5.41) is 2.33. The molecule has 5 aromatic carbocycles. The molecule has 2 bridgehead atoms. The Morgan fingerprint density at radius 1 is 0.643 bits per heavy atom. The average Bonchev–Trinajstić information content (AvgIpc) is 3.95. The number of anilines is 3. The molecule has 2 spiro atoms. The molecule has 2 nitrogen and oxygen atoms in total. The van der Waals surface area contributed by atoms with Gasteiger partial charge in [-0.2, -0.15) is 0 Å². The van der Waals surface area contributed by atoms with E-state index in [0.717, 1.165) is 46.6 Å². The quantitative estimate of drug-likeness (QED) is 0.180. The molecule has 6 aromatic rings. The molecule has 7 aliphatic rings. The van der Waals surface area contributed by atoms with Crippen LogP contribution in [0.3, 0.4) is 0 Å².